The molecule has 1 aromatic heterocycles. The Morgan fingerprint density at radius 3 is 2.71 bits per heavy atom. The molecule has 0 N–H and O–H groups in total. The molecule has 1 aromatic carbocycles. The van der Waals surface area contributed by atoms with E-state index in [9.17, 15) is 0 Å². The smallest absolute Gasteiger partial charge is 0.138 e. The molecule has 1 aliphatic rings. The lowest BCUT2D eigenvalue weighted by Crippen LogP contribution is -2.21. The van der Waals surface area contributed by atoms with Gasteiger partial charge < -0.3 is 13.9 Å². The van der Waals surface area contributed by atoms with Crippen molar-refractivity contribution >= 4 is 19.0 Å². The second-order valence-electron chi connectivity index (χ2n) is 6.34. The van der Waals surface area contributed by atoms with Gasteiger partial charge in [-0.05, 0) is 24.3 Å². The third-order valence-electron chi connectivity index (χ3n) is 3.25. The van der Waals surface area contributed by atoms with Crippen LogP contribution < -0.4 is 0 Å². The lowest BCUT2D eigenvalue weighted by atomic mass is 10.1. The van der Waals surface area contributed by atoms with Crippen molar-refractivity contribution in [1.82, 2.24) is 0 Å². The molecule has 0 bridgehead atoms. The van der Waals surface area contributed by atoms with Crippen LogP contribution in [0.5, 0.6) is 0 Å². The highest BCUT2D eigenvalue weighted by molar-refractivity contribution is 6.83. The molecule has 110 valence electrons. The summed E-state index contributed by atoms with van der Waals surface area (Å²) in [6, 6.07) is 8.12. The molecule has 1 aliphatic heterocycles. The molecular weight excluding hydrogens is 280 g/mol. The summed E-state index contributed by atoms with van der Waals surface area (Å²) in [4.78, 5) is 0. The van der Waals surface area contributed by atoms with Crippen molar-refractivity contribution in [1.29, 1.82) is 0 Å². The minimum absolute atomic E-state index is 0.0948. The molecule has 0 radical (unpaired) electrons. The predicted octanol–water partition coefficient (Wildman–Crippen LogP) is 3.75. The van der Waals surface area contributed by atoms with Crippen molar-refractivity contribution < 1.29 is 13.9 Å². The fourth-order valence-corrected chi connectivity index (χ4v) is 2.73. The molecule has 1 fully saturated rings. The van der Waals surface area contributed by atoms with Gasteiger partial charge in [-0.3, -0.25) is 0 Å². The zero-order valence-corrected chi connectivity index (χ0v) is 13.7. The number of hydrogen-bond acceptors (Lipinski definition) is 3. The van der Waals surface area contributed by atoms with Crippen LogP contribution in [0.4, 0.5) is 0 Å². The van der Waals surface area contributed by atoms with E-state index in [1.54, 1.807) is 0 Å². The second kappa shape index (κ2) is 5.68. The van der Waals surface area contributed by atoms with E-state index in [4.69, 9.17) is 13.9 Å². The highest BCUT2D eigenvalue weighted by Gasteiger charge is 2.20. The van der Waals surface area contributed by atoms with Crippen molar-refractivity contribution in [3.63, 3.8) is 0 Å². The van der Waals surface area contributed by atoms with Gasteiger partial charge in [0, 0.05) is 10.9 Å². The normalized spacial score (nSPS) is 19.3. The molecule has 0 spiro atoms. The Bertz CT molecular complexity index is 694. The van der Waals surface area contributed by atoms with Crippen molar-refractivity contribution in [3.8, 4) is 11.5 Å². The average molecular weight is 300 g/mol. The van der Waals surface area contributed by atoms with Gasteiger partial charge in [0.05, 0.1) is 19.8 Å². The summed E-state index contributed by atoms with van der Waals surface area (Å²) in [5.41, 5.74) is 5.30. The average Bonchev–Trinajstić information content (AvgIpc) is 2.88. The molecule has 2 aromatic rings. The molecule has 21 heavy (non-hydrogen) atoms. The summed E-state index contributed by atoms with van der Waals surface area (Å²) in [7, 11) is -1.35. The first-order valence-electron chi connectivity index (χ1n) is 7.27. The van der Waals surface area contributed by atoms with Gasteiger partial charge in [-0.1, -0.05) is 25.6 Å². The zero-order valence-electron chi connectivity index (χ0n) is 12.7. The maximum absolute atomic E-state index is 5.86. The Hall–Kier alpha value is -1.54. The number of rotatable bonds is 1. The number of benzene rings is 1. The monoisotopic (exact) mass is 300 g/mol. The van der Waals surface area contributed by atoms with Crippen LogP contribution in [0.1, 0.15) is 17.4 Å². The van der Waals surface area contributed by atoms with E-state index in [2.05, 4.69) is 37.2 Å². The topological polar surface area (TPSA) is 31.6 Å². The molecule has 3 nitrogen and oxygen atoms in total. The summed E-state index contributed by atoms with van der Waals surface area (Å²) >= 11 is 0. The highest BCUT2D eigenvalue weighted by atomic mass is 28.3. The molecule has 2 heterocycles. The third kappa shape index (κ3) is 3.56. The Morgan fingerprint density at radius 1 is 1.14 bits per heavy atom. The highest BCUT2D eigenvalue weighted by Crippen LogP contribution is 2.28. The quantitative estimate of drug-likeness (QED) is 0.594. The van der Waals surface area contributed by atoms with Crippen LogP contribution in [-0.2, 0) is 9.47 Å². The molecule has 1 saturated heterocycles. The van der Waals surface area contributed by atoms with Crippen molar-refractivity contribution in [2.45, 2.75) is 25.7 Å². The molecule has 1 unspecified atom stereocenters. The fourth-order valence-electron chi connectivity index (χ4n) is 2.21. The number of fused-ring (bicyclic) bond motifs is 1. The molecule has 0 amide bonds. The maximum atomic E-state index is 5.86. The van der Waals surface area contributed by atoms with Crippen LogP contribution in [0.15, 0.2) is 28.7 Å². The Kier molecular flexibility index (Phi) is 3.90. The van der Waals surface area contributed by atoms with E-state index in [0.29, 0.717) is 19.8 Å². The lowest BCUT2D eigenvalue weighted by Gasteiger charge is -2.20. The summed E-state index contributed by atoms with van der Waals surface area (Å²) in [5, 5.41) is 1.07. The van der Waals surface area contributed by atoms with Crippen molar-refractivity contribution in [2.24, 2.45) is 0 Å². The number of ether oxygens (including phenoxy) is 2. The van der Waals surface area contributed by atoms with Crippen LogP contribution in [0.3, 0.4) is 0 Å². The van der Waals surface area contributed by atoms with E-state index >= 15 is 0 Å². The molecule has 4 heteroatoms. The Labute approximate surface area is 126 Å². The van der Waals surface area contributed by atoms with Gasteiger partial charge >= 0.3 is 0 Å². The molecule has 1 atom stereocenters. The Balaban J connectivity index is 1.89. The summed E-state index contributed by atoms with van der Waals surface area (Å²) in [6.07, 6.45) is -0.0948. The minimum Gasteiger partial charge on any atom is -0.458 e. The maximum Gasteiger partial charge on any atom is 0.138 e. The zero-order chi connectivity index (χ0) is 14.9. The summed E-state index contributed by atoms with van der Waals surface area (Å²) in [6.45, 7) is 8.57. The molecule has 3 rings (SSSR count). The van der Waals surface area contributed by atoms with Crippen LogP contribution in [-0.4, -0.2) is 27.9 Å². The van der Waals surface area contributed by atoms with Gasteiger partial charge in [0.1, 0.15) is 25.5 Å². The lowest BCUT2D eigenvalue weighted by molar-refractivity contribution is -0.0971. The third-order valence-corrected chi connectivity index (χ3v) is 4.13. The van der Waals surface area contributed by atoms with E-state index in [-0.39, 0.29) is 6.10 Å². The largest absolute Gasteiger partial charge is 0.458 e. The van der Waals surface area contributed by atoms with Crippen molar-refractivity contribution in [3.05, 3.63) is 35.6 Å². The van der Waals surface area contributed by atoms with Gasteiger partial charge in [-0.25, -0.2) is 0 Å². The molecular formula is C17H20O3Si. The Morgan fingerprint density at radius 2 is 2.00 bits per heavy atom. The summed E-state index contributed by atoms with van der Waals surface area (Å²) < 4.78 is 17.0. The van der Waals surface area contributed by atoms with Gasteiger partial charge in [0.15, 0.2) is 0 Å². The second-order valence-corrected chi connectivity index (χ2v) is 11.1. The van der Waals surface area contributed by atoms with E-state index in [0.717, 1.165) is 22.3 Å². The van der Waals surface area contributed by atoms with Crippen LogP contribution in [0.25, 0.3) is 11.0 Å². The first kappa shape index (κ1) is 14.4. The van der Waals surface area contributed by atoms with Crippen LogP contribution in [0, 0.1) is 11.5 Å². The van der Waals surface area contributed by atoms with E-state index in [1.165, 1.54) is 0 Å². The predicted molar refractivity (Wildman–Crippen MR) is 86.0 cm³/mol. The minimum atomic E-state index is -1.35. The SMILES string of the molecule is C[Si](C)(C)C#Cc1ccc2oc(C3COCCO3)cc2c1. The van der Waals surface area contributed by atoms with Crippen LogP contribution >= 0.6 is 0 Å². The number of hydrogen-bond donors (Lipinski definition) is 0. The van der Waals surface area contributed by atoms with Gasteiger partial charge in [-0.15, -0.1) is 5.54 Å². The summed E-state index contributed by atoms with van der Waals surface area (Å²) in [5.74, 6) is 4.11. The first-order chi connectivity index (χ1) is 10.0. The number of furan rings is 1. The van der Waals surface area contributed by atoms with E-state index in [1.807, 2.05) is 18.2 Å². The fraction of sp³-hybridized carbons (Fsp3) is 0.412. The van der Waals surface area contributed by atoms with Gasteiger partial charge in [-0.2, -0.15) is 0 Å². The van der Waals surface area contributed by atoms with E-state index < -0.39 is 8.07 Å². The molecule has 0 aliphatic carbocycles. The van der Waals surface area contributed by atoms with Gasteiger partial charge in [0.25, 0.3) is 0 Å². The van der Waals surface area contributed by atoms with Crippen LogP contribution in [0.2, 0.25) is 19.6 Å². The van der Waals surface area contributed by atoms with Gasteiger partial charge in [0.2, 0.25) is 0 Å². The van der Waals surface area contributed by atoms with Crippen molar-refractivity contribution in [2.75, 3.05) is 19.8 Å². The molecule has 0 saturated carbocycles. The standard InChI is InChI=1S/C17H20O3Si/c1-21(2,3)9-6-13-4-5-15-14(10-13)11-16(20-15)17-12-18-7-8-19-17/h4-5,10-11,17H,7-8,12H2,1-3H3. The first-order valence-corrected chi connectivity index (χ1v) is 10.8.